The van der Waals surface area contributed by atoms with Gasteiger partial charge in [-0.2, -0.15) is 0 Å². The van der Waals surface area contributed by atoms with E-state index < -0.39 is 10.0 Å². The van der Waals surface area contributed by atoms with Crippen LogP contribution in [0.5, 0.6) is 0 Å². The van der Waals surface area contributed by atoms with Crippen molar-refractivity contribution in [2.45, 2.75) is 30.2 Å². The minimum absolute atomic E-state index is 0.0283. The molecule has 0 amide bonds. The molecule has 0 saturated carbocycles. The zero-order valence-corrected chi connectivity index (χ0v) is 12.7. The van der Waals surface area contributed by atoms with Crippen LogP contribution in [0.1, 0.15) is 17.5 Å². The Morgan fingerprint density at radius 3 is 2.52 bits per heavy atom. The van der Waals surface area contributed by atoms with Gasteiger partial charge in [-0.15, -0.1) is 0 Å². The summed E-state index contributed by atoms with van der Waals surface area (Å²) >= 11 is 5.57. The topological polar surface area (TPSA) is 72.0 Å². The SMILES string of the molecule is O=S(=O)(NC1CCc2ccccc2C1)c1cnc(Cl)nc1. The molecular weight excluding hydrogens is 310 g/mol. The molecule has 0 fully saturated rings. The van der Waals surface area contributed by atoms with E-state index in [2.05, 4.69) is 20.8 Å². The van der Waals surface area contributed by atoms with Crippen LogP contribution in [0.4, 0.5) is 0 Å². The number of fused-ring (bicyclic) bond motifs is 1. The summed E-state index contributed by atoms with van der Waals surface area (Å²) in [6, 6.07) is 8.01. The number of sulfonamides is 1. The third-order valence-corrected chi connectivity index (χ3v) is 5.25. The van der Waals surface area contributed by atoms with E-state index in [9.17, 15) is 8.42 Å². The highest BCUT2D eigenvalue weighted by Crippen LogP contribution is 2.22. The summed E-state index contributed by atoms with van der Waals surface area (Å²) in [5.41, 5.74) is 2.49. The van der Waals surface area contributed by atoms with E-state index in [1.807, 2.05) is 18.2 Å². The summed E-state index contributed by atoms with van der Waals surface area (Å²) in [5.74, 6) is 0. The average Bonchev–Trinajstić information content (AvgIpc) is 2.47. The third kappa shape index (κ3) is 3.23. The zero-order valence-electron chi connectivity index (χ0n) is 11.2. The van der Waals surface area contributed by atoms with Crippen LogP contribution in [0.3, 0.4) is 0 Å². The number of rotatable bonds is 3. The fourth-order valence-corrected chi connectivity index (χ4v) is 3.78. The predicted octanol–water partition coefficient (Wildman–Crippen LogP) is 1.97. The second-order valence-electron chi connectivity index (χ2n) is 5.02. The maximum atomic E-state index is 12.3. The number of aromatic nitrogens is 2. The molecule has 1 atom stereocenters. The van der Waals surface area contributed by atoms with E-state index >= 15 is 0 Å². The van der Waals surface area contributed by atoms with Crippen molar-refractivity contribution in [3.8, 4) is 0 Å². The molecule has 1 heterocycles. The zero-order chi connectivity index (χ0) is 14.9. The molecule has 1 aromatic heterocycles. The molecule has 0 saturated heterocycles. The van der Waals surface area contributed by atoms with Crippen molar-refractivity contribution in [1.29, 1.82) is 0 Å². The Bertz CT molecular complexity index is 747. The maximum Gasteiger partial charge on any atom is 0.243 e. The molecule has 0 bridgehead atoms. The van der Waals surface area contributed by atoms with Crippen molar-refractivity contribution < 1.29 is 8.42 Å². The standard InChI is InChI=1S/C14H14ClN3O2S/c15-14-16-8-13(9-17-14)21(19,20)18-12-6-5-10-3-1-2-4-11(10)7-12/h1-4,8-9,12,18H,5-7H2. The Balaban J connectivity index is 1.77. The highest BCUT2D eigenvalue weighted by molar-refractivity contribution is 7.89. The molecule has 0 radical (unpaired) electrons. The van der Waals surface area contributed by atoms with Crippen molar-refractivity contribution in [1.82, 2.24) is 14.7 Å². The Hall–Kier alpha value is -1.50. The van der Waals surface area contributed by atoms with Crippen molar-refractivity contribution in [2.24, 2.45) is 0 Å². The third-order valence-electron chi connectivity index (χ3n) is 3.58. The van der Waals surface area contributed by atoms with Gasteiger partial charge in [0.1, 0.15) is 4.90 Å². The van der Waals surface area contributed by atoms with E-state index in [0.29, 0.717) is 6.42 Å². The van der Waals surface area contributed by atoms with Gasteiger partial charge in [-0.3, -0.25) is 0 Å². The van der Waals surface area contributed by atoms with Gasteiger partial charge in [0.05, 0.1) is 12.4 Å². The van der Waals surface area contributed by atoms with Gasteiger partial charge in [0.25, 0.3) is 0 Å². The summed E-state index contributed by atoms with van der Waals surface area (Å²) in [6.07, 6.45) is 4.79. The molecule has 1 N–H and O–H groups in total. The number of nitrogens with zero attached hydrogens (tertiary/aromatic N) is 2. The number of hydrogen-bond acceptors (Lipinski definition) is 4. The Morgan fingerprint density at radius 1 is 1.14 bits per heavy atom. The van der Waals surface area contributed by atoms with Crippen LogP contribution in [0, 0.1) is 0 Å². The van der Waals surface area contributed by atoms with Crippen molar-refractivity contribution in [3.05, 3.63) is 53.1 Å². The highest BCUT2D eigenvalue weighted by atomic mass is 35.5. The molecule has 110 valence electrons. The second kappa shape index (κ2) is 5.71. The lowest BCUT2D eigenvalue weighted by atomic mass is 9.89. The quantitative estimate of drug-likeness (QED) is 0.877. The van der Waals surface area contributed by atoms with Gasteiger partial charge in [-0.25, -0.2) is 23.1 Å². The molecule has 1 aromatic carbocycles. The van der Waals surface area contributed by atoms with Gasteiger partial charge in [-0.05, 0) is 42.0 Å². The van der Waals surface area contributed by atoms with Crippen LogP contribution >= 0.6 is 11.6 Å². The molecule has 5 nitrogen and oxygen atoms in total. The average molecular weight is 324 g/mol. The van der Waals surface area contributed by atoms with E-state index in [-0.39, 0.29) is 16.2 Å². The van der Waals surface area contributed by atoms with E-state index in [1.54, 1.807) is 0 Å². The Labute approximate surface area is 128 Å². The second-order valence-corrected chi connectivity index (χ2v) is 7.07. The van der Waals surface area contributed by atoms with Gasteiger partial charge in [0.2, 0.25) is 15.3 Å². The van der Waals surface area contributed by atoms with Gasteiger partial charge in [0, 0.05) is 6.04 Å². The number of halogens is 1. The van der Waals surface area contributed by atoms with E-state index in [4.69, 9.17) is 11.6 Å². The summed E-state index contributed by atoms with van der Waals surface area (Å²) in [4.78, 5) is 7.45. The van der Waals surface area contributed by atoms with Crippen molar-refractivity contribution >= 4 is 21.6 Å². The summed E-state index contributed by atoms with van der Waals surface area (Å²) in [7, 11) is -3.61. The van der Waals surface area contributed by atoms with Gasteiger partial charge < -0.3 is 0 Å². The minimum atomic E-state index is -3.61. The van der Waals surface area contributed by atoms with Gasteiger partial charge >= 0.3 is 0 Å². The number of nitrogens with one attached hydrogen (secondary N) is 1. The van der Waals surface area contributed by atoms with E-state index in [0.717, 1.165) is 12.8 Å². The summed E-state index contributed by atoms with van der Waals surface area (Å²) < 4.78 is 27.3. The lowest BCUT2D eigenvalue weighted by molar-refractivity contribution is 0.507. The van der Waals surface area contributed by atoms with Crippen LogP contribution < -0.4 is 4.72 Å². The molecular formula is C14H14ClN3O2S. The van der Waals surface area contributed by atoms with Crippen molar-refractivity contribution in [3.63, 3.8) is 0 Å². The van der Waals surface area contributed by atoms with Gasteiger partial charge in [-0.1, -0.05) is 24.3 Å². The van der Waals surface area contributed by atoms with Crippen LogP contribution in [-0.4, -0.2) is 24.4 Å². The minimum Gasteiger partial charge on any atom is -0.225 e. The summed E-state index contributed by atoms with van der Waals surface area (Å²) in [5, 5.41) is 0.0283. The van der Waals surface area contributed by atoms with Crippen LogP contribution in [0.25, 0.3) is 0 Å². The monoisotopic (exact) mass is 323 g/mol. The first-order valence-electron chi connectivity index (χ1n) is 6.61. The Kier molecular flexibility index (Phi) is 3.93. The lowest BCUT2D eigenvalue weighted by Gasteiger charge is -2.25. The molecule has 7 heteroatoms. The van der Waals surface area contributed by atoms with Gasteiger partial charge in [0.15, 0.2) is 0 Å². The summed E-state index contributed by atoms with van der Waals surface area (Å²) in [6.45, 7) is 0. The number of aryl methyl sites for hydroxylation is 1. The van der Waals surface area contributed by atoms with E-state index in [1.165, 1.54) is 23.5 Å². The van der Waals surface area contributed by atoms with Crippen LogP contribution in [0.15, 0.2) is 41.6 Å². The number of hydrogen-bond donors (Lipinski definition) is 1. The highest BCUT2D eigenvalue weighted by Gasteiger charge is 2.24. The first-order chi connectivity index (χ1) is 10.0. The molecule has 1 unspecified atom stereocenters. The molecule has 2 aromatic rings. The van der Waals surface area contributed by atoms with Crippen LogP contribution in [0.2, 0.25) is 5.28 Å². The normalized spacial score (nSPS) is 18.2. The predicted molar refractivity (Wildman–Crippen MR) is 79.6 cm³/mol. The molecule has 3 rings (SSSR count). The largest absolute Gasteiger partial charge is 0.243 e. The first-order valence-corrected chi connectivity index (χ1v) is 8.47. The van der Waals surface area contributed by atoms with Crippen LogP contribution in [-0.2, 0) is 22.9 Å². The molecule has 1 aliphatic rings. The molecule has 0 aliphatic heterocycles. The first kappa shape index (κ1) is 14.4. The maximum absolute atomic E-state index is 12.3. The Morgan fingerprint density at radius 2 is 1.81 bits per heavy atom. The molecule has 0 spiro atoms. The fourth-order valence-electron chi connectivity index (χ4n) is 2.53. The smallest absolute Gasteiger partial charge is 0.225 e. The molecule has 1 aliphatic carbocycles. The lowest BCUT2D eigenvalue weighted by Crippen LogP contribution is -2.38. The molecule has 21 heavy (non-hydrogen) atoms. The fraction of sp³-hybridized carbons (Fsp3) is 0.286. The number of benzene rings is 1. The van der Waals surface area contributed by atoms with Crippen molar-refractivity contribution in [2.75, 3.05) is 0 Å².